The molecule has 0 fully saturated rings. The number of benzene rings is 1. The van der Waals surface area contributed by atoms with Gasteiger partial charge in [0.25, 0.3) is 0 Å². The third-order valence-corrected chi connectivity index (χ3v) is 3.26. The molecule has 0 spiro atoms. The van der Waals surface area contributed by atoms with Crippen molar-refractivity contribution in [1.82, 2.24) is 5.32 Å². The number of amides is 1. The zero-order valence-corrected chi connectivity index (χ0v) is 12.9. The van der Waals surface area contributed by atoms with E-state index in [0.717, 1.165) is 18.9 Å². The Balaban J connectivity index is 3.27. The van der Waals surface area contributed by atoms with E-state index < -0.39 is 29.8 Å². The predicted octanol–water partition coefficient (Wildman–Crippen LogP) is 1.78. The van der Waals surface area contributed by atoms with Crippen LogP contribution in [0.25, 0.3) is 0 Å². The molecule has 1 aromatic carbocycles. The fraction of sp³-hybridized carbons (Fsp3) is 0.438. The molecule has 0 aliphatic heterocycles. The van der Waals surface area contributed by atoms with E-state index in [-0.39, 0.29) is 5.56 Å². The SMILES string of the molecule is CC(=O)NC(CC(=O)O)(C(=O)O)c1ccc(CC(C)C)cc1. The summed E-state index contributed by atoms with van der Waals surface area (Å²) in [6.07, 6.45) is 0.102. The van der Waals surface area contributed by atoms with Crippen molar-refractivity contribution < 1.29 is 24.6 Å². The van der Waals surface area contributed by atoms with Crippen molar-refractivity contribution in [3.8, 4) is 0 Å². The second-order valence-corrected chi connectivity index (χ2v) is 5.76. The van der Waals surface area contributed by atoms with Crippen LogP contribution in [0.1, 0.15) is 38.3 Å². The van der Waals surface area contributed by atoms with Gasteiger partial charge >= 0.3 is 11.9 Å². The molecule has 1 rings (SSSR count). The average molecular weight is 307 g/mol. The van der Waals surface area contributed by atoms with E-state index in [1.165, 1.54) is 0 Å². The predicted molar refractivity (Wildman–Crippen MR) is 80.4 cm³/mol. The third kappa shape index (κ3) is 4.31. The lowest BCUT2D eigenvalue weighted by atomic mass is 9.85. The molecule has 1 amide bonds. The van der Waals surface area contributed by atoms with Crippen LogP contribution < -0.4 is 5.32 Å². The van der Waals surface area contributed by atoms with Gasteiger partial charge in [-0.05, 0) is 23.5 Å². The van der Waals surface area contributed by atoms with E-state index in [4.69, 9.17) is 5.11 Å². The summed E-state index contributed by atoms with van der Waals surface area (Å²) in [6.45, 7) is 5.29. The first-order valence-corrected chi connectivity index (χ1v) is 7.00. The lowest BCUT2D eigenvalue weighted by Gasteiger charge is -2.29. The number of aliphatic carboxylic acids is 2. The van der Waals surface area contributed by atoms with Crippen LogP contribution in [-0.4, -0.2) is 28.1 Å². The number of carboxylic acid groups (broad SMARTS) is 2. The number of rotatable bonds is 7. The highest BCUT2D eigenvalue weighted by Crippen LogP contribution is 2.27. The lowest BCUT2D eigenvalue weighted by Crippen LogP contribution is -2.52. The molecule has 0 bridgehead atoms. The van der Waals surface area contributed by atoms with Crippen LogP contribution in [0, 0.1) is 5.92 Å². The number of carbonyl (C=O) groups is 3. The van der Waals surface area contributed by atoms with Gasteiger partial charge in [0.05, 0.1) is 6.42 Å². The molecule has 0 aromatic heterocycles. The first kappa shape index (κ1) is 17.7. The van der Waals surface area contributed by atoms with Gasteiger partial charge in [-0.15, -0.1) is 0 Å². The number of hydrogen-bond donors (Lipinski definition) is 3. The lowest BCUT2D eigenvalue weighted by molar-refractivity contribution is -0.153. The fourth-order valence-electron chi connectivity index (χ4n) is 2.40. The van der Waals surface area contributed by atoms with Gasteiger partial charge in [0, 0.05) is 6.92 Å². The molecule has 3 N–H and O–H groups in total. The quantitative estimate of drug-likeness (QED) is 0.712. The van der Waals surface area contributed by atoms with Gasteiger partial charge < -0.3 is 15.5 Å². The van der Waals surface area contributed by atoms with Crippen LogP contribution in [0.2, 0.25) is 0 Å². The normalized spacial score (nSPS) is 13.5. The molecule has 6 heteroatoms. The van der Waals surface area contributed by atoms with Gasteiger partial charge in [0.15, 0.2) is 5.54 Å². The van der Waals surface area contributed by atoms with E-state index in [2.05, 4.69) is 19.2 Å². The Morgan fingerprint density at radius 2 is 1.68 bits per heavy atom. The summed E-state index contributed by atoms with van der Waals surface area (Å²) >= 11 is 0. The van der Waals surface area contributed by atoms with Gasteiger partial charge in [0.1, 0.15) is 0 Å². The average Bonchev–Trinajstić information content (AvgIpc) is 2.36. The summed E-state index contributed by atoms with van der Waals surface area (Å²) < 4.78 is 0. The maximum absolute atomic E-state index is 11.7. The zero-order valence-electron chi connectivity index (χ0n) is 12.9. The summed E-state index contributed by atoms with van der Waals surface area (Å²) in [6, 6.07) is 6.64. The van der Waals surface area contributed by atoms with Crippen LogP contribution in [0.4, 0.5) is 0 Å². The molecule has 0 aliphatic rings. The Kier molecular flexibility index (Phi) is 5.68. The van der Waals surface area contributed by atoms with Crippen molar-refractivity contribution in [2.75, 3.05) is 0 Å². The maximum atomic E-state index is 11.7. The van der Waals surface area contributed by atoms with E-state index in [1.807, 2.05) is 0 Å². The summed E-state index contributed by atoms with van der Waals surface area (Å²) in [5.41, 5.74) is -0.699. The maximum Gasteiger partial charge on any atom is 0.334 e. The number of carbonyl (C=O) groups excluding carboxylic acids is 1. The highest BCUT2D eigenvalue weighted by atomic mass is 16.4. The molecule has 0 radical (unpaired) electrons. The van der Waals surface area contributed by atoms with E-state index in [0.29, 0.717) is 5.92 Å². The topological polar surface area (TPSA) is 104 Å². The van der Waals surface area contributed by atoms with Gasteiger partial charge in [-0.25, -0.2) is 4.79 Å². The first-order chi connectivity index (χ1) is 10.2. The zero-order chi connectivity index (χ0) is 16.9. The Morgan fingerprint density at radius 1 is 1.14 bits per heavy atom. The molecular weight excluding hydrogens is 286 g/mol. The van der Waals surface area contributed by atoms with E-state index in [9.17, 15) is 19.5 Å². The second-order valence-electron chi connectivity index (χ2n) is 5.76. The Bertz CT molecular complexity index is 546. The van der Waals surface area contributed by atoms with Crippen LogP contribution in [0.5, 0.6) is 0 Å². The van der Waals surface area contributed by atoms with E-state index >= 15 is 0 Å². The van der Waals surface area contributed by atoms with Crippen LogP contribution in [-0.2, 0) is 26.3 Å². The van der Waals surface area contributed by atoms with Gasteiger partial charge in [-0.2, -0.15) is 0 Å². The number of hydrogen-bond acceptors (Lipinski definition) is 3. The summed E-state index contributed by atoms with van der Waals surface area (Å²) in [5, 5.41) is 20.8. The Morgan fingerprint density at radius 3 is 2.05 bits per heavy atom. The molecule has 1 unspecified atom stereocenters. The van der Waals surface area contributed by atoms with Crippen molar-refractivity contribution in [2.45, 2.75) is 39.2 Å². The largest absolute Gasteiger partial charge is 0.481 e. The minimum Gasteiger partial charge on any atom is -0.481 e. The van der Waals surface area contributed by atoms with Crippen LogP contribution in [0.3, 0.4) is 0 Å². The third-order valence-electron chi connectivity index (χ3n) is 3.26. The molecule has 0 saturated carbocycles. The van der Waals surface area contributed by atoms with E-state index in [1.54, 1.807) is 24.3 Å². The number of carboxylic acids is 2. The Labute approximate surface area is 129 Å². The molecule has 1 atom stereocenters. The van der Waals surface area contributed by atoms with Gasteiger partial charge in [0.2, 0.25) is 5.91 Å². The highest BCUT2D eigenvalue weighted by Gasteiger charge is 2.43. The minimum absolute atomic E-state index is 0.241. The number of nitrogens with one attached hydrogen (secondary N) is 1. The van der Waals surface area contributed by atoms with Crippen molar-refractivity contribution in [2.24, 2.45) is 5.92 Å². The molecule has 6 nitrogen and oxygen atoms in total. The summed E-state index contributed by atoms with van der Waals surface area (Å²) in [4.78, 5) is 34.1. The molecule has 0 saturated heterocycles. The second kappa shape index (κ2) is 7.06. The molecule has 120 valence electrons. The fourth-order valence-corrected chi connectivity index (χ4v) is 2.40. The van der Waals surface area contributed by atoms with Gasteiger partial charge in [-0.1, -0.05) is 38.1 Å². The molecule has 0 heterocycles. The van der Waals surface area contributed by atoms with Crippen molar-refractivity contribution >= 4 is 17.8 Å². The standard InChI is InChI=1S/C16H21NO5/c1-10(2)8-12-4-6-13(7-5-12)16(15(21)22,9-14(19)20)17-11(3)18/h4-7,10H,8-9H2,1-3H3,(H,17,18)(H,19,20)(H,21,22). The highest BCUT2D eigenvalue weighted by molar-refractivity contribution is 5.91. The van der Waals surface area contributed by atoms with Crippen molar-refractivity contribution in [3.63, 3.8) is 0 Å². The van der Waals surface area contributed by atoms with Crippen LogP contribution in [0.15, 0.2) is 24.3 Å². The molecule has 0 aliphatic carbocycles. The minimum atomic E-state index is -1.96. The van der Waals surface area contributed by atoms with Crippen molar-refractivity contribution in [3.05, 3.63) is 35.4 Å². The summed E-state index contributed by atoms with van der Waals surface area (Å²) in [5.74, 6) is -2.86. The van der Waals surface area contributed by atoms with Gasteiger partial charge in [-0.3, -0.25) is 9.59 Å². The van der Waals surface area contributed by atoms with Crippen LogP contribution >= 0.6 is 0 Å². The van der Waals surface area contributed by atoms with Crippen molar-refractivity contribution in [1.29, 1.82) is 0 Å². The Hall–Kier alpha value is -2.37. The molecule has 1 aromatic rings. The molecule has 22 heavy (non-hydrogen) atoms. The monoisotopic (exact) mass is 307 g/mol. The smallest absolute Gasteiger partial charge is 0.334 e. The summed E-state index contributed by atoms with van der Waals surface area (Å²) in [7, 11) is 0. The molecular formula is C16H21NO5. The first-order valence-electron chi connectivity index (χ1n) is 7.00.